The first-order valence-corrected chi connectivity index (χ1v) is 8.50. The molecule has 1 fully saturated rings. The van der Waals surface area contributed by atoms with Gasteiger partial charge in [0, 0.05) is 32.7 Å². The largest absolute Gasteiger partial charge is 0.395 e. The Hall–Kier alpha value is -0.990. The van der Waals surface area contributed by atoms with Crippen molar-refractivity contribution in [1.82, 2.24) is 9.21 Å². The summed E-state index contributed by atoms with van der Waals surface area (Å²) >= 11 is 0. The summed E-state index contributed by atoms with van der Waals surface area (Å²) in [6.45, 7) is 4.35. The smallest absolute Gasteiger partial charge is 0.243 e. The van der Waals surface area contributed by atoms with Gasteiger partial charge >= 0.3 is 0 Å². The van der Waals surface area contributed by atoms with Crippen molar-refractivity contribution >= 4 is 10.0 Å². The lowest BCUT2D eigenvalue weighted by Crippen LogP contribution is -2.49. The fraction of sp³-hybridized carbons (Fsp3) is 0.571. The normalized spacial score (nSPS) is 19.6. The van der Waals surface area contributed by atoms with Gasteiger partial charge in [-0.25, -0.2) is 8.42 Å². The molecule has 0 amide bonds. The number of benzene rings is 1. The molecular weight excluding hydrogens is 292 g/mol. The maximum absolute atomic E-state index is 12.6. The van der Waals surface area contributed by atoms with Crippen LogP contribution in [0, 0.1) is 0 Å². The summed E-state index contributed by atoms with van der Waals surface area (Å²) in [5.74, 6) is 0. The lowest BCUT2D eigenvalue weighted by Gasteiger charge is -2.33. The fourth-order valence-electron chi connectivity index (χ4n) is 2.42. The molecule has 0 aliphatic carbocycles. The van der Waals surface area contributed by atoms with Gasteiger partial charge in [0.15, 0.2) is 0 Å². The van der Waals surface area contributed by atoms with E-state index in [1.165, 1.54) is 10.4 Å². The highest BCUT2D eigenvalue weighted by atomic mass is 32.2. The number of hydrogen-bond acceptors (Lipinski definition) is 5. The Labute approximate surface area is 125 Å². The molecule has 0 aromatic heterocycles. The monoisotopic (exact) mass is 314 g/mol. The second kappa shape index (κ2) is 6.85. The van der Waals surface area contributed by atoms with Gasteiger partial charge in [0.05, 0.1) is 17.6 Å². The van der Waals surface area contributed by atoms with Crippen LogP contribution in [-0.2, 0) is 10.0 Å². The second-order valence-electron chi connectivity index (χ2n) is 5.22. The summed E-state index contributed by atoms with van der Waals surface area (Å²) in [7, 11) is -3.52. The Morgan fingerprint density at radius 2 is 1.90 bits per heavy atom. The van der Waals surface area contributed by atoms with Gasteiger partial charge in [-0.1, -0.05) is 12.1 Å². The molecule has 0 saturated carbocycles. The molecule has 1 heterocycles. The molecule has 1 unspecified atom stereocenters. The van der Waals surface area contributed by atoms with Gasteiger partial charge in [0.2, 0.25) is 10.0 Å². The molecule has 0 radical (unpaired) electrons. The second-order valence-corrected chi connectivity index (χ2v) is 7.16. The zero-order valence-corrected chi connectivity index (χ0v) is 13.0. The van der Waals surface area contributed by atoms with Crippen LogP contribution in [0.3, 0.4) is 0 Å². The van der Waals surface area contributed by atoms with Crippen LogP contribution in [0.15, 0.2) is 29.2 Å². The van der Waals surface area contributed by atoms with E-state index in [4.69, 9.17) is 5.11 Å². The minimum Gasteiger partial charge on any atom is -0.395 e. The molecule has 1 aromatic rings. The van der Waals surface area contributed by atoms with Crippen LogP contribution in [0.1, 0.15) is 18.6 Å². The molecule has 2 rings (SSSR count). The van der Waals surface area contributed by atoms with Crippen molar-refractivity contribution in [1.29, 1.82) is 0 Å². The first-order valence-electron chi connectivity index (χ1n) is 7.06. The van der Waals surface area contributed by atoms with E-state index < -0.39 is 16.1 Å². The van der Waals surface area contributed by atoms with Gasteiger partial charge in [-0.3, -0.25) is 4.90 Å². The third-order valence-electron chi connectivity index (χ3n) is 3.73. The third kappa shape index (κ3) is 3.81. The van der Waals surface area contributed by atoms with E-state index in [9.17, 15) is 13.5 Å². The molecule has 21 heavy (non-hydrogen) atoms. The minimum atomic E-state index is -3.52. The number of aliphatic hydroxyl groups is 2. The summed E-state index contributed by atoms with van der Waals surface area (Å²) in [5, 5.41) is 18.5. The SMILES string of the molecule is CC(O)c1cccc(S(=O)(=O)N2CCN(CCO)CC2)c1. The van der Waals surface area contributed by atoms with Crippen molar-refractivity contribution in [2.24, 2.45) is 0 Å². The Balaban J connectivity index is 2.14. The maximum atomic E-state index is 12.6. The predicted molar refractivity (Wildman–Crippen MR) is 79.4 cm³/mol. The number of rotatable bonds is 5. The van der Waals surface area contributed by atoms with Crippen LogP contribution in [0.25, 0.3) is 0 Å². The molecule has 2 N–H and O–H groups in total. The lowest BCUT2D eigenvalue weighted by molar-refractivity contribution is 0.151. The van der Waals surface area contributed by atoms with E-state index in [2.05, 4.69) is 0 Å². The molecule has 7 heteroatoms. The molecular formula is C14H22N2O4S. The molecule has 6 nitrogen and oxygen atoms in total. The Kier molecular flexibility index (Phi) is 5.34. The molecule has 0 spiro atoms. The van der Waals surface area contributed by atoms with Crippen molar-refractivity contribution in [3.05, 3.63) is 29.8 Å². The van der Waals surface area contributed by atoms with E-state index in [0.717, 1.165) is 0 Å². The fourth-order valence-corrected chi connectivity index (χ4v) is 3.90. The van der Waals surface area contributed by atoms with Crippen molar-refractivity contribution in [3.8, 4) is 0 Å². The van der Waals surface area contributed by atoms with E-state index in [-0.39, 0.29) is 11.5 Å². The minimum absolute atomic E-state index is 0.0865. The van der Waals surface area contributed by atoms with E-state index in [0.29, 0.717) is 38.3 Å². The van der Waals surface area contributed by atoms with E-state index in [1.807, 2.05) is 4.90 Å². The Bertz CT molecular complexity index is 566. The number of nitrogens with zero attached hydrogens (tertiary/aromatic N) is 2. The van der Waals surface area contributed by atoms with Crippen LogP contribution < -0.4 is 0 Å². The van der Waals surface area contributed by atoms with Crippen LogP contribution >= 0.6 is 0 Å². The van der Waals surface area contributed by atoms with Crippen molar-refractivity contribution < 1.29 is 18.6 Å². The number of aliphatic hydroxyl groups excluding tert-OH is 2. The zero-order chi connectivity index (χ0) is 15.5. The first-order chi connectivity index (χ1) is 9.95. The van der Waals surface area contributed by atoms with E-state index >= 15 is 0 Å². The van der Waals surface area contributed by atoms with Crippen LogP contribution in [0.4, 0.5) is 0 Å². The highest BCUT2D eigenvalue weighted by Crippen LogP contribution is 2.21. The van der Waals surface area contributed by atoms with Crippen LogP contribution in [0.5, 0.6) is 0 Å². The van der Waals surface area contributed by atoms with Gasteiger partial charge in [-0.2, -0.15) is 4.31 Å². The maximum Gasteiger partial charge on any atom is 0.243 e. The number of β-amino-alcohol motifs (C(OH)–C–C–N with tert-alkyl or cyclic N) is 1. The van der Waals surface area contributed by atoms with Crippen LogP contribution in [-0.4, -0.2) is 67.2 Å². The van der Waals surface area contributed by atoms with E-state index in [1.54, 1.807) is 25.1 Å². The number of hydrogen-bond donors (Lipinski definition) is 2. The third-order valence-corrected chi connectivity index (χ3v) is 5.62. The molecule has 1 aliphatic heterocycles. The molecule has 1 aliphatic rings. The number of sulfonamides is 1. The van der Waals surface area contributed by atoms with Crippen molar-refractivity contribution in [2.75, 3.05) is 39.3 Å². The van der Waals surface area contributed by atoms with Crippen molar-refractivity contribution in [3.63, 3.8) is 0 Å². The standard InChI is InChI=1S/C14H22N2O4S/c1-12(18)13-3-2-4-14(11-13)21(19,20)16-7-5-15(6-8-16)9-10-17/h2-4,11-12,17-18H,5-10H2,1H3. The topological polar surface area (TPSA) is 81.1 Å². The van der Waals surface area contributed by atoms with Crippen LogP contribution in [0.2, 0.25) is 0 Å². The predicted octanol–water partition coefficient (Wildman–Crippen LogP) is 0.0385. The molecule has 1 atom stereocenters. The molecule has 0 bridgehead atoms. The lowest BCUT2D eigenvalue weighted by atomic mass is 10.1. The average molecular weight is 314 g/mol. The number of piperazine rings is 1. The van der Waals surface area contributed by atoms with Gasteiger partial charge in [0.1, 0.15) is 0 Å². The summed E-state index contributed by atoms with van der Waals surface area (Å²) in [4.78, 5) is 2.26. The average Bonchev–Trinajstić information content (AvgIpc) is 2.48. The highest BCUT2D eigenvalue weighted by Gasteiger charge is 2.28. The molecule has 118 valence electrons. The summed E-state index contributed by atoms with van der Waals surface area (Å²) < 4.78 is 26.7. The van der Waals surface area contributed by atoms with Gasteiger partial charge in [0.25, 0.3) is 0 Å². The zero-order valence-electron chi connectivity index (χ0n) is 12.1. The molecule has 1 aromatic carbocycles. The molecule has 1 saturated heterocycles. The first kappa shape index (κ1) is 16.4. The summed E-state index contributed by atoms with van der Waals surface area (Å²) in [5.41, 5.74) is 0.593. The van der Waals surface area contributed by atoms with Gasteiger partial charge < -0.3 is 10.2 Å². The Morgan fingerprint density at radius 1 is 1.24 bits per heavy atom. The summed E-state index contributed by atoms with van der Waals surface area (Å²) in [6, 6.07) is 6.45. The summed E-state index contributed by atoms with van der Waals surface area (Å²) in [6.07, 6.45) is -0.693. The van der Waals surface area contributed by atoms with Gasteiger partial charge in [-0.05, 0) is 24.6 Å². The van der Waals surface area contributed by atoms with Crippen molar-refractivity contribution in [2.45, 2.75) is 17.9 Å². The quantitative estimate of drug-likeness (QED) is 0.802. The Morgan fingerprint density at radius 3 is 2.48 bits per heavy atom. The van der Waals surface area contributed by atoms with Gasteiger partial charge in [-0.15, -0.1) is 0 Å². The highest BCUT2D eigenvalue weighted by molar-refractivity contribution is 7.89.